The third-order valence-electron chi connectivity index (χ3n) is 4.74. The third kappa shape index (κ3) is 5.75. The summed E-state index contributed by atoms with van der Waals surface area (Å²) in [6.07, 6.45) is 0. The molecule has 1 amide bonds. The minimum Gasteiger partial charge on any atom is -0.462 e. The number of hydrogen-bond acceptors (Lipinski definition) is 5. The van der Waals surface area contributed by atoms with Crippen LogP contribution in [0.3, 0.4) is 0 Å². The first-order valence-corrected chi connectivity index (χ1v) is 11.6. The first-order valence-electron chi connectivity index (χ1n) is 10.1. The molecule has 3 rings (SSSR count). The predicted molar refractivity (Wildman–Crippen MR) is 123 cm³/mol. The number of carbonyl (C=O) groups is 2. The van der Waals surface area contributed by atoms with Gasteiger partial charge in [0.2, 0.25) is 5.91 Å². The molecule has 0 bridgehead atoms. The van der Waals surface area contributed by atoms with Gasteiger partial charge in [-0.05, 0) is 74.0 Å². The number of anilines is 2. The number of esters is 1. The van der Waals surface area contributed by atoms with Crippen LogP contribution in [-0.2, 0) is 19.6 Å². The van der Waals surface area contributed by atoms with E-state index in [1.807, 2.05) is 0 Å². The summed E-state index contributed by atoms with van der Waals surface area (Å²) in [5, 5.41) is 2.67. The molecule has 0 saturated heterocycles. The molecule has 1 N–H and O–H groups in total. The highest BCUT2D eigenvalue weighted by Gasteiger charge is 2.27. The highest BCUT2D eigenvalue weighted by Crippen LogP contribution is 2.24. The standard InChI is InChI=1S/C24H23FN2O5S/c1-3-32-24(29)18-9-14-22(17(2)15-18)26-23(28)16-27(20-12-10-19(25)11-13-20)33(30,31)21-7-5-4-6-8-21/h4-15H,3,16H2,1-2H3,(H,26,28). The Bertz CT molecular complexity index is 1250. The molecule has 0 fully saturated rings. The number of aryl methyl sites for hydroxylation is 1. The summed E-state index contributed by atoms with van der Waals surface area (Å²) in [5.74, 6) is -1.61. The van der Waals surface area contributed by atoms with Gasteiger partial charge in [-0.15, -0.1) is 0 Å². The summed E-state index contributed by atoms with van der Waals surface area (Å²) in [4.78, 5) is 24.7. The number of halogens is 1. The Labute approximate surface area is 191 Å². The number of nitrogens with zero attached hydrogens (tertiary/aromatic N) is 1. The maximum Gasteiger partial charge on any atom is 0.338 e. The van der Waals surface area contributed by atoms with Gasteiger partial charge < -0.3 is 10.1 Å². The second kappa shape index (κ2) is 10.3. The van der Waals surface area contributed by atoms with E-state index in [-0.39, 0.29) is 17.2 Å². The van der Waals surface area contributed by atoms with Crippen molar-refractivity contribution in [3.63, 3.8) is 0 Å². The lowest BCUT2D eigenvalue weighted by Crippen LogP contribution is -2.38. The fourth-order valence-electron chi connectivity index (χ4n) is 3.11. The molecule has 0 atom stereocenters. The van der Waals surface area contributed by atoms with Crippen molar-refractivity contribution < 1.29 is 27.1 Å². The van der Waals surface area contributed by atoms with E-state index in [4.69, 9.17) is 4.74 Å². The monoisotopic (exact) mass is 470 g/mol. The number of sulfonamides is 1. The molecule has 3 aromatic rings. The van der Waals surface area contributed by atoms with Crippen LogP contribution in [-0.4, -0.2) is 33.4 Å². The van der Waals surface area contributed by atoms with Crippen LogP contribution in [0.25, 0.3) is 0 Å². The zero-order chi connectivity index (χ0) is 24.0. The minimum absolute atomic E-state index is 0.00269. The number of rotatable bonds is 8. The number of carbonyl (C=O) groups excluding carboxylic acids is 2. The summed E-state index contributed by atoms with van der Waals surface area (Å²) in [5.41, 5.74) is 1.51. The van der Waals surface area contributed by atoms with Crippen LogP contribution < -0.4 is 9.62 Å². The molecule has 0 radical (unpaired) electrons. The maximum atomic E-state index is 13.4. The summed E-state index contributed by atoms with van der Waals surface area (Å²) in [7, 11) is -4.10. The van der Waals surface area contributed by atoms with Gasteiger partial charge >= 0.3 is 5.97 Å². The lowest BCUT2D eigenvalue weighted by atomic mass is 10.1. The van der Waals surface area contributed by atoms with Gasteiger partial charge in [-0.3, -0.25) is 9.10 Å². The van der Waals surface area contributed by atoms with Crippen LogP contribution in [0, 0.1) is 12.7 Å². The molecule has 0 unspecified atom stereocenters. The van der Waals surface area contributed by atoms with E-state index in [0.717, 1.165) is 16.4 Å². The Kier molecular flexibility index (Phi) is 7.44. The predicted octanol–water partition coefficient (Wildman–Crippen LogP) is 4.14. The fraction of sp³-hybridized carbons (Fsp3) is 0.167. The van der Waals surface area contributed by atoms with E-state index in [2.05, 4.69) is 5.32 Å². The average molecular weight is 471 g/mol. The Morgan fingerprint density at radius 3 is 2.27 bits per heavy atom. The van der Waals surface area contributed by atoms with Crippen molar-refractivity contribution in [2.75, 3.05) is 22.8 Å². The Morgan fingerprint density at radius 2 is 1.67 bits per heavy atom. The van der Waals surface area contributed by atoms with Crippen molar-refractivity contribution in [2.45, 2.75) is 18.7 Å². The van der Waals surface area contributed by atoms with Gasteiger partial charge in [-0.2, -0.15) is 0 Å². The molecule has 0 aliphatic carbocycles. The SMILES string of the molecule is CCOC(=O)c1ccc(NC(=O)CN(c2ccc(F)cc2)S(=O)(=O)c2ccccc2)c(C)c1. The number of benzene rings is 3. The van der Waals surface area contributed by atoms with Crippen molar-refractivity contribution >= 4 is 33.3 Å². The minimum atomic E-state index is -4.10. The van der Waals surface area contributed by atoms with E-state index >= 15 is 0 Å². The van der Waals surface area contributed by atoms with Crippen molar-refractivity contribution in [1.82, 2.24) is 0 Å². The molecule has 0 heterocycles. The van der Waals surface area contributed by atoms with Gasteiger partial charge in [-0.25, -0.2) is 17.6 Å². The number of nitrogens with one attached hydrogen (secondary N) is 1. The molecular weight excluding hydrogens is 447 g/mol. The zero-order valence-corrected chi connectivity index (χ0v) is 18.9. The highest BCUT2D eigenvalue weighted by atomic mass is 32.2. The van der Waals surface area contributed by atoms with Crippen LogP contribution in [0.2, 0.25) is 0 Å². The van der Waals surface area contributed by atoms with Crippen LogP contribution in [0.15, 0.2) is 77.7 Å². The molecule has 0 aromatic heterocycles. The molecule has 172 valence electrons. The van der Waals surface area contributed by atoms with Gasteiger partial charge in [-0.1, -0.05) is 18.2 Å². The normalized spacial score (nSPS) is 11.0. The van der Waals surface area contributed by atoms with E-state index in [1.165, 1.54) is 30.3 Å². The molecule has 0 saturated carbocycles. The Morgan fingerprint density at radius 1 is 1.00 bits per heavy atom. The summed E-state index contributed by atoms with van der Waals surface area (Å²) in [6.45, 7) is 3.11. The summed E-state index contributed by atoms with van der Waals surface area (Å²) in [6, 6.07) is 17.1. The Hall–Kier alpha value is -3.72. The van der Waals surface area contributed by atoms with Gasteiger partial charge in [0.05, 0.1) is 22.8 Å². The van der Waals surface area contributed by atoms with Crippen LogP contribution in [0.5, 0.6) is 0 Å². The van der Waals surface area contributed by atoms with Crippen molar-refractivity contribution in [1.29, 1.82) is 0 Å². The fourth-order valence-corrected chi connectivity index (χ4v) is 4.55. The van der Waals surface area contributed by atoms with Crippen molar-refractivity contribution in [3.05, 3.63) is 89.7 Å². The maximum absolute atomic E-state index is 13.4. The Balaban J connectivity index is 1.87. The molecule has 9 heteroatoms. The first-order chi connectivity index (χ1) is 15.7. The number of ether oxygens (including phenoxy) is 1. The molecule has 33 heavy (non-hydrogen) atoms. The van der Waals surface area contributed by atoms with Gasteiger partial charge in [0.1, 0.15) is 12.4 Å². The molecule has 0 spiro atoms. The van der Waals surface area contributed by atoms with Crippen molar-refractivity contribution in [3.8, 4) is 0 Å². The zero-order valence-electron chi connectivity index (χ0n) is 18.1. The van der Waals surface area contributed by atoms with Gasteiger partial charge in [0, 0.05) is 5.69 Å². The van der Waals surface area contributed by atoms with Crippen molar-refractivity contribution in [2.24, 2.45) is 0 Å². The highest BCUT2D eigenvalue weighted by molar-refractivity contribution is 7.92. The van der Waals surface area contributed by atoms with Gasteiger partial charge in [0.25, 0.3) is 10.0 Å². The van der Waals surface area contributed by atoms with Gasteiger partial charge in [0.15, 0.2) is 0 Å². The molecule has 0 aliphatic rings. The number of amides is 1. The van der Waals surface area contributed by atoms with Crippen LogP contribution in [0.4, 0.5) is 15.8 Å². The summed E-state index contributed by atoms with van der Waals surface area (Å²) < 4.78 is 45.8. The molecule has 3 aromatic carbocycles. The van der Waals surface area contributed by atoms with E-state index in [1.54, 1.807) is 44.2 Å². The average Bonchev–Trinajstić information content (AvgIpc) is 2.80. The smallest absolute Gasteiger partial charge is 0.338 e. The summed E-state index contributed by atoms with van der Waals surface area (Å²) >= 11 is 0. The topological polar surface area (TPSA) is 92.8 Å². The lowest BCUT2D eigenvalue weighted by molar-refractivity contribution is -0.114. The third-order valence-corrected chi connectivity index (χ3v) is 6.53. The largest absolute Gasteiger partial charge is 0.462 e. The van der Waals surface area contributed by atoms with Crippen LogP contribution >= 0.6 is 0 Å². The van der Waals surface area contributed by atoms with Crippen LogP contribution in [0.1, 0.15) is 22.8 Å². The van der Waals surface area contributed by atoms with E-state index < -0.39 is 34.3 Å². The lowest BCUT2D eigenvalue weighted by Gasteiger charge is -2.24. The second-order valence-electron chi connectivity index (χ2n) is 7.10. The number of hydrogen-bond donors (Lipinski definition) is 1. The second-order valence-corrected chi connectivity index (χ2v) is 8.96. The van der Waals surface area contributed by atoms with E-state index in [9.17, 15) is 22.4 Å². The quantitative estimate of drug-likeness (QED) is 0.500. The molecule has 7 nitrogen and oxygen atoms in total. The first kappa shape index (κ1) is 23.9. The molecule has 0 aliphatic heterocycles. The van der Waals surface area contributed by atoms with E-state index in [0.29, 0.717) is 16.8 Å². The molecular formula is C24H23FN2O5S.